The van der Waals surface area contributed by atoms with Crippen molar-refractivity contribution in [1.82, 2.24) is 0 Å². The second-order valence-corrected chi connectivity index (χ2v) is 1.27. The van der Waals surface area contributed by atoms with E-state index in [0.29, 0.717) is 5.92 Å². The Morgan fingerprint density at radius 1 is 1.29 bits per heavy atom. The normalized spacial score (nSPS) is 6.86. The molecule has 0 heterocycles. The molecule has 0 aromatic carbocycles. The summed E-state index contributed by atoms with van der Waals surface area (Å²) in [5, 5.41) is 0. The Bertz CT molecular complexity index is 20.0. The molecule has 0 aromatic rings. The molecular formula is C5H10Y2-2. The van der Waals surface area contributed by atoms with Gasteiger partial charge in [0.2, 0.25) is 0 Å². The van der Waals surface area contributed by atoms with Crippen LogP contribution in [0, 0.1) is 19.8 Å². The van der Waals surface area contributed by atoms with Crippen molar-refractivity contribution >= 4 is 0 Å². The molecule has 0 fully saturated rings. The van der Waals surface area contributed by atoms with Gasteiger partial charge in [0, 0.05) is 65.4 Å². The molecule has 0 unspecified atom stereocenters. The summed E-state index contributed by atoms with van der Waals surface area (Å²) < 4.78 is 0. The Labute approximate surface area is 97.0 Å². The second-order valence-electron chi connectivity index (χ2n) is 1.27. The minimum absolute atomic E-state index is 0. The van der Waals surface area contributed by atoms with Crippen molar-refractivity contribution < 1.29 is 65.4 Å². The minimum atomic E-state index is 0. The molecule has 0 spiro atoms. The van der Waals surface area contributed by atoms with E-state index in [0.717, 1.165) is 6.42 Å². The molecule has 0 rings (SSSR count). The molecule has 0 aliphatic carbocycles. The Morgan fingerprint density at radius 3 is 1.43 bits per heavy atom. The first kappa shape index (κ1) is 16.1. The molecule has 2 heteroatoms. The van der Waals surface area contributed by atoms with Crippen molar-refractivity contribution in [3.63, 3.8) is 0 Å². The van der Waals surface area contributed by atoms with Crippen LogP contribution in [0.2, 0.25) is 0 Å². The maximum absolute atomic E-state index is 3.65. The summed E-state index contributed by atoms with van der Waals surface area (Å²) >= 11 is 0. The van der Waals surface area contributed by atoms with Crippen LogP contribution < -0.4 is 0 Å². The largest absolute Gasteiger partial charge is 0.370 e. The van der Waals surface area contributed by atoms with Crippen molar-refractivity contribution in [3.05, 3.63) is 13.8 Å². The number of hydrogen-bond acceptors (Lipinski definition) is 0. The van der Waals surface area contributed by atoms with Gasteiger partial charge in [-0.2, -0.15) is 0 Å². The van der Waals surface area contributed by atoms with Crippen molar-refractivity contribution in [3.8, 4) is 0 Å². The predicted molar refractivity (Wildman–Crippen MR) is 24.5 cm³/mol. The van der Waals surface area contributed by atoms with Gasteiger partial charge in [-0.05, 0) is 0 Å². The Kier molecular flexibility index (Phi) is 25.4. The maximum atomic E-state index is 3.65. The Balaban J connectivity index is -0.0000000800. The fraction of sp³-hybridized carbons (Fsp3) is 0.600. The van der Waals surface area contributed by atoms with Crippen LogP contribution in [0.25, 0.3) is 0 Å². The molecule has 0 aromatic heterocycles. The topological polar surface area (TPSA) is 0 Å². The molecule has 0 aliphatic heterocycles. The summed E-state index contributed by atoms with van der Waals surface area (Å²) in [6, 6.07) is 0. The van der Waals surface area contributed by atoms with Gasteiger partial charge in [-0.15, -0.1) is 6.42 Å². The van der Waals surface area contributed by atoms with Crippen molar-refractivity contribution in [2.24, 2.45) is 5.92 Å². The summed E-state index contributed by atoms with van der Waals surface area (Å²) in [5.74, 6) is 0.384. The van der Waals surface area contributed by atoms with Gasteiger partial charge in [-0.1, -0.05) is 6.92 Å². The summed E-state index contributed by atoms with van der Waals surface area (Å²) in [7, 11) is 0. The van der Waals surface area contributed by atoms with Crippen LogP contribution in [0.4, 0.5) is 0 Å². The van der Waals surface area contributed by atoms with Crippen LogP contribution in [0.1, 0.15) is 13.3 Å². The third-order valence-corrected chi connectivity index (χ3v) is 0.577. The molecular weight excluding hydrogens is 238 g/mol. The average Bonchev–Trinajstić information content (AvgIpc) is 1.38. The molecule has 0 bridgehead atoms. The van der Waals surface area contributed by atoms with Gasteiger partial charge >= 0.3 is 0 Å². The van der Waals surface area contributed by atoms with Gasteiger partial charge in [0.05, 0.1) is 0 Å². The van der Waals surface area contributed by atoms with Gasteiger partial charge in [-0.3, -0.25) is 0 Å². The monoisotopic (exact) mass is 248 g/mol. The summed E-state index contributed by atoms with van der Waals surface area (Å²) in [5.41, 5.74) is 0. The summed E-state index contributed by atoms with van der Waals surface area (Å²) in [4.78, 5) is 0. The average molecular weight is 248 g/mol. The molecule has 7 heavy (non-hydrogen) atoms. The van der Waals surface area contributed by atoms with Crippen molar-refractivity contribution in [2.45, 2.75) is 13.3 Å². The van der Waals surface area contributed by atoms with Crippen molar-refractivity contribution in [1.29, 1.82) is 0 Å². The Hall–Kier alpha value is 2.21. The smallest absolute Gasteiger partial charge is 0 e. The predicted octanol–water partition coefficient (Wildman–Crippen LogP) is 1.68. The minimum Gasteiger partial charge on any atom is -0.370 e. The standard InChI is InChI=1S/C5H10.2Y/c1-4-5(2)3;;/h5H,2-4H2,1H3;;/q-2;;. The molecule has 0 aliphatic rings. The van der Waals surface area contributed by atoms with E-state index >= 15 is 0 Å². The third-order valence-electron chi connectivity index (χ3n) is 0.577. The number of rotatable bonds is 1. The van der Waals surface area contributed by atoms with E-state index in [4.69, 9.17) is 0 Å². The van der Waals surface area contributed by atoms with Crippen LogP contribution in [0.5, 0.6) is 0 Å². The van der Waals surface area contributed by atoms with Crippen LogP contribution in [0.3, 0.4) is 0 Å². The molecule has 38 valence electrons. The summed E-state index contributed by atoms with van der Waals surface area (Å²) in [6.45, 7) is 9.37. The fourth-order valence-corrected chi connectivity index (χ4v) is 0. The molecule has 0 atom stereocenters. The van der Waals surface area contributed by atoms with Gasteiger partial charge in [0.1, 0.15) is 0 Å². The fourth-order valence-electron chi connectivity index (χ4n) is 0. The number of hydrogen-bond donors (Lipinski definition) is 0. The second kappa shape index (κ2) is 11.1. The van der Waals surface area contributed by atoms with Gasteiger partial charge < -0.3 is 19.8 Å². The molecule has 0 amide bonds. The van der Waals surface area contributed by atoms with E-state index in [1.807, 2.05) is 0 Å². The molecule has 0 saturated heterocycles. The Morgan fingerprint density at radius 2 is 1.43 bits per heavy atom. The van der Waals surface area contributed by atoms with Gasteiger partial charge in [-0.25, -0.2) is 0 Å². The molecule has 0 nitrogen and oxygen atoms in total. The van der Waals surface area contributed by atoms with Crippen LogP contribution in [-0.4, -0.2) is 0 Å². The van der Waals surface area contributed by atoms with E-state index in [-0.39, 0.29) is 65.4 Å². The first-order valence-electron chi connectivity index (χ1n) is 1.93. The van der Waals surface area contributed by atoms with Crippen LogP contribution in [0.15, 0.2) is 0 Å². The molecule has 2 radical (unpaired) electrons. The van der Waals surface area contributed by atoms with E-state index in [9.17, 15) is 0 Å². The van der Waals surface area contributed by atoms with E-state index in [1.54, 1.807) is 0 Å². The first-order chi connectivity index (χ1) is 2.27. The molecule has 0 N–H and O–H groups in total. The van der Waals surface area contributed by atoms with Gasteiger partial charge in [0.25, 0.3) is 0 Å². The van der Waals surface area contributed by atoms with Crippen LogP contribution >= 0.6 is 0 Å². The zero-order valence-corrected chi connectivity index (χ0v) is 10.5. The van der Waals surface area contributed by atoms with Crippen molar-refractivity contribution in [2.75, 3.05) is 0 Å². The summed E-state index contributed by atoms with van der Waals surface area (Å²) in [6.07, 6.45) is 1.08. The first-order valence-corrected chi connectivity index (χ1v) is 1.93. The molecule has 0 saturated carbocycles. The van der Waals surface area contributed by atoms with E-state index in [2.05, 4.69) is 20.8 Å². The van der Waals surface area contributed by atoms with E-state index < -0.39 is 0 Å². The zero-order chi connectivity index (χ0) is 4.28. The van der Waals surface area contributed by atoms with Crippen LogP contribution in [-0.2, 0) is 65.4 Å². The SMILES string of the molecule is [CH2-]C([CH2-])CC.[Y].[Y]. The van der Waals surface area contributed by atoms with E-state index in [1.165, 1.54) is 0 Å². The quantitative estimate of drug-likeness (QED) is 0.619. The zero-order valence-electron chi connectivity index (χ0n) is 4.85. The third kappa shape index (κ3) is 17.9. The van der Waals surface area contributed by atoms with Gasteiger partial charge in [0.15, 0.2) is 0 Å². The maximum Gasteiger partial charge on any atom is 0 e.